The highest BCUT2D eigenvalue weighted by Gasteiger charge is 2.20. The van der Waals surface area contributed by atoms with Crippen molar-refractivity contribution in [2.75, 3.05) is 27.1 Å². The molecule has 7 heteroatoms. The molecule has 0 aliphatic rings. The van der Waals surface area contributed by atoms with Crippen molar-refractivity contribution < 1.29 is 14.2 Å². The summed E-state index contributed by atoms with van der Waals surface area (Å²) in [4.78, 5) is 4.68. The lowest BCUT2D eigenvalue weighted by atomic mass is 10.0. The van der Waals surface area contributed by atoms with Gasteiger partial charge in [-0.1, -0.05) is 24.3 Å². The van der Waals surface area contributed by atoms with E-state index in [2.05, 4.69) is 10.1 Å². The predicted molar refractivity (Wildman–Crippen MR) is 113 cm³/mol. The molecule has 0 saturated heterocycles. The maximum atomic E-state index is 6.50. The van der Waals surface area contributed by atoms with E-state index in [9.17, 15) is 0 Å². The van der Waals surface area contributed by atoms with Crippen molar-refractivity contribution in [2.45, 2.75) is 6.92 Å². The largest absolute Gasteiger partial charge is 0.496 e. The second kappa shape index (κ2) is 7.35. The van der Waals surface area contributed by atoms with E-state index in [1.54, 1.807) is 32.0 Å². The Morgan fingerprint density at radius 2 is 1.59 bits per heavy atom. The fourth-order valence-electron chi connectivity index (χ4n) is 3.50. The normalized spacial score (nSPS) is 10.9. The minimum atomic E-state index is 0.492. The number of methoxy groups -OCH3 is 3. The van der Waals surface area contributed by atoms with Crippen LogP contribution >= 0.6 is 0 Å². The fraction of sp³-hybridized carbons (Fsp3) is 0.182. The molecular formula is C22H22N4O3. The summed E-state index contributed by atoms with van der Waals surface area (Å²) in [6.07, 6.45) is 1.76. The van der Waals surface area contributed by atoms with Crippen LogP contribution in [0.5, 0.6) is 17.2 Å². The first-order valence-electron chi connectivity index (χ1n) is 9.08. The van der Waals surface area contributed by atoms with E-state index in [1.807, 2.05) is 49.4 Å². The summed E-state index contributed by atoms with van der Waals surface area (Å²) >= 11 is 0. The molecule has 7 nitrogen and oxygen atoms in total. The van der Waals surface area contributed by atoms with Crippen LogP contribution in [0, 0.1) is 6.92 Å². The SMILES string of the molecule is COc1ccc(-c2cnc3c(-c4ccccc4OC)c(C)nn3c2N)cc1OC. The number of anilines is 1. The summed E-state index contributed by atoms with van der Waals surface area (Å²) in [6.45, 7) is 1.94. The number of benzene rings is 2. The summed E-state index contributed by atoms with van der Waals surface area (Å²) in [6, 6.07) is 13.4. The maximum absolute atomic E-state index is 6.50. The van der Waals surface area contributed by atoms with E-state index >= 15 is 0 Å². The van der Waals surface area contributed by atoms with Gasteiger partial charge >= 0.3 is 0 Å². The Bertz CT molecular complexity index is 1200. The molecule has 0 aliphatic heterocycles. The summed E-state index contributed by atoms with van der Waals surface area (Å²) in [5, 5.41) is 4.64. The third-order valence-electron chi connectivity index (χ3n) is 4.93. The predicted octanol–water partition coefficient (Wildman–Crippen LogP) is 3.98. The lowest BCUT2D eigenvalue weighted by Gasteiger charge is -2.12. The molecule has 0 bridgehead atoms. The second-order valence-corrected chi connectivity index (χ2v) is 6.52. The number of nitrogen functional groups attached to an aromatic ring is 1. The smallest absolute Gasteiger partial charge is 0.165 e. The first-order valence-corrected chi connectivity index (χ1v) is 9.08. The molecule has 2 N–H and O–H groups in total. The van der Waals surface area contributed by atoms with Crippen LogP contribution in [-0.4, -0.2) is 35.9 Å². The van der Waals surface area contributed by atoms with Gasteiger partial charge in [-0.15, -0.1) is 0 Å². The number of aromatic nitrogens is 3. The molecule has 0 unspecified atom stereocenters. The van der Waals surface area contributed by atoms with Crippen LogP contribution in [0.1, 0.15) is 5.69 Å². The quantitative estimate of drug-likeness (QED) is 0.555. The lowest BCUT2D eigenvalue weighted by molar-refractivity contribution is 0.355. The van der Waals surface area contributed by atoms with Gasteiger partial charge in [0, 0.05) is 17.3 Å². The van der Waals surface area contributed by atoms with E-state index in [4.69, 9.17) is 19.9 Å². The molecular weight excluding hydrogens is 368 g/mol. The van der Waals surface area contributed by atoms with Crippen molar-refractivity contribution >= 4 is 11.5 Å². The Balaban J connectivity index is 1.91. The van der Waals surface area contributed by atoms with Gasteiger partial charge in [0.15, 0.2) is 17.1 Å². The summed E-state index contributed by atoms with van der Waals surface area (Å²) in [5.74, 6) is 2.52. The maximum Gasteiger partial charge on any atom is 0.165 e. The Hall–Kier alpha value is -3.74. The van der Waals surface area contributed by atoms with Crippen molar-refractivity contribution in [3.63, 3.8) is 0 Å². The van der Waals surface area contributed by atoms with Gasteiger partial charge in [0.1, 0.15) is 11.6 Å². The van der Waals surface area contributed by atoms with Crippen LogP contribution in [0.15, 0.2) is 48.7 Å². The van der Waals surface area contributed by atoms with Crippen LogP contribution in [-0.2, 0) is 0 Å². The topological polar surface area (TPSA) is 83.9 Å². The number of ether oxygens (including phenoxy) is 3. The Morgan fingerprint density at radius 3 is 2.31 bits per heavy atom. The second-order valence-electron chi connectivity index (χ2n) is 6.52. The zero-order valence-corrected chi connectivity index (χ0v) is 16.8. The van der Waals surface area contributed by atoms with Crippen LogP contribution in [0.4, 0.5) is 5.82 Å². The average molecular weight is 390 g/mol. The zero-order chi connectivity index (χ0) is 20.5. The van der Waals surface area contributed by atoms with E-state index in [0.717, 1.165) is 33.7 Å². The highest BCUT2D eigenvalue weighted by molar-refractivity contribution is 5.86. The van der Waals surface area contributed by atoms with Crippen molar-refractivity contribution in [3.8, 4) is 39.5 Å². The van der Waals surface area contributed by atoms with Gasteiger partial charge in [-0.05, 0) is 30.7 Å². The molecule has 0 saturated carbocycles. The van der Waals surface area contributed by atoms with Crippen molar-refractivity contribution in [1.29, 1.82) is 0 Å². The summed E-state index contributed by atoms with van der Waals surface area (Å²) in [5.41, 5.74) is 11.4. The van der Waals surface area contributed by atoms with Crippen LogP contribution < -0.4 is 19.9 Å². The molecule has 0 aliphatic carbocycles. The highest BCUT2D eigenvalue weighted by atomic mass is 16.5. The van der Waals surface area contributed by atoms with Crippen molar-refractivity contribution in [2.24, 2.45) is 0 Å². The molecule has 0 amide bonds. The van der Waals surface area contributed by atoms with Crippen LogP contribution in [0.3, 0.4) is 0 Å². The van der Waals surface area contributed by atoms with Crippen LogP contribution in [0.2, 0.25) is 0 Å². The molecule has 29 heavy (non-hydrogen) atoms. The van der Waals surface area contributed by atoms with Gasteiger partial charge in [-0.3, -0.25) is 0 Å². The number of fused-ring (bicyclic) bond motifs is 1. The molecule has 148 valence electrons. The third-order valence-corrected chi connectivity index (χ3v) is 4.93. The minimum Gasteiger partial charge on any atom is -0.496 e. The van der Waals surface area contributed by atoms with Gasteiger partial charge < -0.3 is 19.9 Å². The van der Waals surface area contributed by atoms with E-state index in [0.29, 0.717) is 23.0 Å². The Labute approximate surface area is 168 Å². The van der Waals surface area contributed by atoms with Gasteiger partial charge in [-0.25, -0.2) is 4.98 Å². The number of nitrogens with two attached hydrogens (primary N) is 1. The third kappa shape index (κ3) is 3.00. The number of para-hydroxylation sites is 1. The fourth-order valence-corrected chi connectivity index (χ4v) is 3.50. The van der Waals surface area contributed by atoms with Gasteiger partial charge in [0.2, 0.25) is 0 Å². The lowest BCUT2D eigenvalue weighted by Crippen LogP contribution is -2.03. The molecule has 0 spiro atoms. The standard InChI is InChI=1S/C22H22N4O3/c1-13-20(15-7-5-6-8-17(15)27-2)22-24-12-16(21(23)26(22)25-13)14-9-10-18(28-3)19(11-14)29-4/h5-12H,23H2,1-4H3. The number of nitrogens with zero attached hydrogens (tertiary/aromatic N) is 3. The van der Waals surface area contributed by atoms with E-state index < -0.39 is 0 Å². The molecule has 0 atom stereocenters. The molecule has 2 aromatic heterocycles. The number of rotatable bonds is 5. The molecule has 2 heterocycles. The zero-order valence-electron chi connectivity index (χ0n) is 16.8. The van der Waals surface area contributed by atoms with E-state index in [-0.39, 0.29) is 0 Å². The highest BCUT2D eigenvalue weighted by Crippen LogP contribution is 2.38. The molecule has 0 radical (unpaired) electrons. The summed E-state index contributed by atoms with van der Waals surface area (Å²) < 4.78 is 17.9. The molecule has 4 rings (SSSR count). The first-order chi connectivity index (χ1) is 14.1. The molecule has 4 aromatic rings. The molecule has 0 fully saturated rings. The Morgan fingerprint density at radius 1 is 0.862 bits per heavy atom. The Kier molecular flexibility index (Phi) is 4.72. The van der Waals surface area contributed by atoms with Gasteiger partial charge in [0.05, 0.1) is 32.6 Å². The van der Waals surface area contributed by atoms with Gasteiger partial charge in [-0.2, -0.15) is 9.61 Å². The average Bonchev–Trinajstić information content (AvgIpc) is 3.10. The number of hydrogen-bond donors (Lipinski definition) is 1. The van der Waals surface area contributed by atoms with Gasteiger partial charge in [0.25, 0.3) is 0 Å². The number of aryl methyl sites for hydroxylation is 1. The minimum absolute atomic E-state index is 0.492. The van der Waals surface area contributed by atoms with E-state index in [1.165, 1.54) is 0 Å². The summed E-state index contributed by atoms with van der Waals surface area (Å²) in [7, 11) is 4.85. The first kappa shape index (κ1) is 18.6. The number of hydrogen-bond acceptors (Lipinski definition) is 6. The van der Waals surface area contributed by atoms with Crippen molar-refractivity contribution in [3.05, 3.63) is 54.4 Å². The van der Waals surface area contributed by atoms with Crippen molar-refractivity contribution in [1.82, 2.24) is 14.6 Å². The van der Waals surface area contributed by atoms with Crippen LogP contribution in [0.25, 0.3) is 27.9 Å². The monoisotopic (exact) mass is 390 g/mol. The molecule has 2 aromatic carbocycles.